The zero-order chi connectivity index (χ0) is 11.0. The van der Waals surface area contributed by atoms with Crippen LogP contribution in [0, 0.1) is 0 Å². The zero-order valence-corrected chi connectivity index (χ0v) is 12.6. The van der Waals surface area contributed by atoms with Crippen LogP contribution < -0.4 is 24.0 Å². The smallest absolute Gasteiger partial charge is 0.183 e. The normalized spacial score (nSPS) is 18.4. The molecule has 5 heteroatoms. The number of rotatable bonds is 8. The predicted molar refractivity (Wildman–Crippen MR) is 58.7 cm³/mol. The van der Waals surface area contributed by atoms with Crippen LogP contribution in [0.3, 0.4) is 0 Å². The molecule has 4 nitrogen and oxygen atoms in total. The van der Waals surface area contributed by atoms with Gasteiger partial charge in [0.25, 0.3) is 0 Å². The highest BCUT2D eigenvalue weighted by molar-refractivity contribution is 4.48. The minimum absolute atomic E-state index is 0. The lowest BCUT2D eigenvalue weighted by Gasteiger charge is -2.28. The van der Waals surface area contributed by atoms with E-state index in [0.717, 1.165) is 11.2 Å². The average molecular weight is 345 g/mol. The van der Waals surface area contributed by atoms with Gasteiger partial charge in [0, 0.05) is 20.0 Å². The molecule has 0 unspecified atom stereocenters. The lowest BCUT2D eigenvalue weighted by atomic mass is 10.4. The highest BCUT2D eigenvalue weighted by Crippen LogP contribution is 2.15. The van der Waals surface area contributed by atoms with Gasteiger partial charge in [-0.05, 0) is 0 Å². The van der Waals surface area contributed by atoms with Gasteiger partial charge >= 0.3 is 0 Å². The molecule has 0 atom stereocenters. The van der Waals surface area contributed by atoms with Gasteiger partial charge in [-0.2, -0.15) is 0 Å². The molecule has 1 saturated heterocycles. The number of ether oxygens (including phenoxy) is 3. The third-order valence-electron chi connectivity index (χ3n) is 2.85. The number of halogens is 1. The summed E-state index contributed by atoms with van der Waals surface area (Å²) >= 11 is 0. The Bertz CT molecular complexity index is 163. The lowest BCUT2D eigenvalue weighted by Crippen LogP contribution is -3.00. The summed E-state index contributed by atoms with van der Waals surface area (Å²) in [6, 6.07) is 0. The summed E-state index contributed by atoms with van der Waals surface area (Å²) in [5, 5.41) is 0. The molecule has 0 saturated carbocycles. The molecule has 0 aliphatic carbocycles. The zero-order valence-electron chi connectivity index (χ0n) is 10.4. The van der Waals surface area contributed by atoms with Crippen molar-refractivity contribution < 1.29 is 42.7 Å². The van der Waals surface area contributed by atoms with Gasteiger partial charge in [-0.1, -0.05) is 0 Å². The molecule has 0 aromatic rings. The minimum Gasteiger partial charge on any atom is -1.00 e. The second-order valence-corrected chi connectivity index (χ2v) is 4.42. The monoisotopic (exact) mass is 345 g/mol. The highest BCUT2D eigenvalue weighted by atomic mass is 127. The van der Waals surface area contributed by atoms with Crippen LogP contribution in [0.2, 0.25) is 0 Å². The molecule has 1 aliphatic heterocycles. The number of quaternary nitrogens is 1. The number of nitrogens with zero attached hydrogens (tertiary/aromatic N) is 1. The van der Waals surface area contributed by atoms with E-state index in [4.69, 9.17) is 14.2 Å². The third-order valence-corrected chi connectivity index (χ3v) is 2.85. The van der Waals surface area contributed by atoms with Crippen molar-refractivity contribution in [1.82, 2.24) is 0 Å². The summed E-state index contributed by atoms with van der Waals surface area (Å²) in [6.45, 7) is 6.02. The number of likely N-dealkylation sites (tertiary alicyclic amines) is 1. The lowest BCUT2D eigenvalue weighted by molar-refractivity contribution is -0.916. The van der Waals surface area contributed by atoms with Gasteiger partial charge in [0.1, 0.15) is 0 Å². The van der Waals surface area contributed by atoms with Crippen LogP contribution in [0.1, 0.15) is 12.8 Å². The molecule has 16 heavy (non-hydrogen) atoms. The fourth-order valence-corrected chi connectivity index (χ4v) is 1.88. The second-order valence-electron chi connectivity index (χ2n) is 4.42. The third kappa shape index (κ3) is 7.01. The molecular formula is C11H24INO3. The first kappa shape index (κ1) is 16.6. The summed E-state index contributed by atoms with van der Waals surface area (Å²) in [4.78, 5) is 0. The van der Waals surface area contributed by atoms with Crippen LogP contribution in [0.4, 0.5) is 0 Å². The Morgan fingerprint density at radius 3 is 2.12 bits per heavy atom. The fourth-order valence-electron chi connectivity index (χ4n) is 1.88. The Kier molecular flexibility index (Phi) is 9.93. The predicted octanol–water partition coefficient (Wildman–Crippen LogP) is -2.13. The van der Waals surface area contributed by atoms with Crippen molar-refractivity contribution in [2.75, 3.05) is 60.4 Å². The maximum atomic E-state index is 5.61. The van der Waals surface area contributed by atoms with E-state index in [-0.39, 0.29) is 24.0 Å². The summed E-state index contributed by atoms with van der Waals surface area (Å²) in [7, 11) is 3.94. The first-order valence-electron chi connectivity index (χ1n) is 5.75. The van der Waals surface area contributed by atoms with Crippen molar-refractivity contribution in [3.05, 3.63) is 0 Å². The van der Waals surface area contributed by atoms with Crippen molar-refractivity contribution in [1.29, 1.82) is 0 Å². The van der Waals surface area contributed by atoms with Gasteiger partial charge in [0.2, 0.25) is 0 Å². The Morgan fingerprint density at radius 2 is 1.50 bits per heavy atom. The maximum Gasteiger partial charge on any atom is 0.183 e. The van der Waals surface area contributed by atoms with Crippen molar-refractivity contribution >= 4 is 0 Å². The average Bonchev–Trinajstić information content (AvgIpc) is 2.64. The van der Waals surface area contributed by atoms with Crippen LogP contribution in [0.25, 0.3) is 0 Å². The van der Waals surface area contributed by atoms with Crippen molar-refractivity contribution in [2.45, 2.75) is 12.8 Å². The largest absolute Gasteiger partial charge is 1.00 e. The highest BCUT2D eigenvalue weighted by Gasteiger charge is 2.26. The van der Waals surface area contributed by atoms with Gasteiger partial charge in [-0.3, -0.25) is 0 Å². The minimum atomic E-state index is 0. The van der Waals surface area contributed by atoms with E-state index in [2.05, 4.69) is 7.05 Å². The first-order chi connectivity index (χ1) is 7.27. The molecule has 1 rings (SSSR count). The first-order valence-corrected chi connectivity index (χ1v) is 5.75. The van der Waals surface area contributed by atoms with Gasteiger partial charge < -0.3 is 42.7 Å². The van der Waals surface area contributed by atoms with Crippen molar-refractivity contribution in [3.8, 4) is 0 Å². The molecule has 0 spiro atoms. The van der Waals surface area contributed by atoms with E-state index < -0.39 is 0 Å². The van der Waals surface area contributed by atoms with Crippen LogP contribution in [-0.2, 0) is 14.2 Å². The van der Waals surface area contributed by atoms with Crippen LogP contribution >= 0.6 is 0 Å². The van der Waals surface area contributed by atoms with Gasteiger partial charge in [0.05, 0.1) is 46.6 Å². The van der Waals surface area contributed by atoms with E-state index in [0.29, 0.717) is 26.4 Å². The van der Waals surface area contributed by atoms with E-state index in [9.17, 15) is 0 Å². The summed E-state index contributed by atoms with van der Waals surface area (Å²) in [5.41, 5.74) is 0. The van der Waals surface area contributed by atoms with Crippen molar-refractivity contribution in [2.24, 2.45) is 0 Å². The molecule has 98 valence electrons. The number of hydrogen-bond acceptors (Lipinski definition) is 3. The van der Waals surface area contributed by atoms with E-state index in [1.54, 1.807) is 7.11 Å². The second kappa shape index (κ2) is 9.58. The van der Waals surface area contributed by atoms with E-state index in [1.165, 1.54) is 25.9 Å². The van der Waals surface area contributed by atoms with Crippen LogP contribution in [0.5, 0.6) is 0 Å². The molecule has 0 aromatic carbocycles. The number of methoxy groups -OCH3 is 1. The molecule has 0 aromatic heterocycles. The molecule has 0 radical (unpaired) electrons. The molecule has 0 bridgehead atoms. The summed E-state index contributed by atoms with van der Waals surface area (Å²) < 4.78 is 16.9. The Balaban J connectivity index is 0.00000225. The van der Waals surface area contributed by atoms with Gasteiger partial charge in [-0.15, -0.1) is 0 Å². The fraction of sp³-hybridized carbons (Fsp3) is 1.00. The SMILES string of the molecule is COCCOCCOC[N+]1(C)CCCC1.[I-]. The molecular weight excluding hydrogens is 321 g/mol. The molecule has 0 amide bonds. The maximum absolute atomic E-state index is 5.61. The quantitative estimate of drug-likeness (QED) is 0.286. The molecule has 0 N–H and O–H groups in total. The standard InChI is InChI=1S/C11H24NO3.HI/c1-12(5-3-4-6-12)11-15-10-9-14-8-7-13-2;/h3-11H2,1-2H3;1H/q+1;/p-1. The van der Waals surface area contributed by atoms with E-state index in [1.807, 2.05) is 0 Å². The summed E-state index contributed by atoms with van der Waals surface area (Å²) in [5.74, 6) is 0. The van der Waals surface area contributed by atoms with Gasteiger partial charge in [0.15, 0.2) is 6.73 Å². The Labute approximate surface area is 116 Å². The van der Waals surface area contributed by atoms with Gasteiger partial charge in [-0.25, -0.2) is 0 Å². The molecule has 1 heterocycles. The molecule has 1 fully saturated rings. The van der Waals surface area contributed by atoms with Crippen LogP contribution in [0.15, 0.2) is 0 Å². The Hall–Kier alpha value is 0.570. The number of hydrogen-bond donors (Lipinski definition) is 0. The summed E-state index contributed by atoms with van der Waals surface area (Å²) in [6.07, 6.45) is 2.67. The molecule has 1 aliphatic rings. The topological polar surface area (TPSA) is 27.7 Å². The van der Waals surface area contributed by atoms with Crippen LogP contribution in [-0.4, -0.2) is 64.9 Å². The van der Waals surface area contributed by atoms with E-state index >= 15 is 0 Å². The van der Waals surface area contributed by atoms with Crippen molar-refractivity contribution in [3.63, 3.8) is 0 Å². The Morgan fingerprint density at radius 1 is 0.938 bits per heavy atom.